The van der Waals surface area contributed by atoms with Crippen LogP contribution in [0.25, 0.3) is 0 Å². The smallest absolute Gasteiger partial charge is 0.312 e. The van der Waals surface area contributed by atoms with Crippen molar-refractivity contribution in [3.05, 3.63) is 29.8 Å². The van der Waals surface area contributed by atoms with Gasteiger partial charge >= 0.3 is 6.03 Å². The van der Waals surface area contributed by atoms with E-state index in [1.807, 2.05) is 18.2 Å². The van der Waals surface area contributed by atoms with E-state index < -0.39 is 12.1 Å². The van der Waals surface area contributed by atoms with E-state index in [9.17, 15) is 9.59 Å². The fourth-order valence-electron chi connectivity index (χ4n) is 1.50. The van der Waals surface area contributed by atoms with Gasteiger partial charge in [-0.05, 0) is 30.5 Å². The number of nitrogens with one attached hydrogen (secondary N) is 2. The first-order valence-electron chi connectivity index (χ1n) is 5.87. The highest BCUT2D eigenvalue weighted by atomic mass is 16.2. The van der Waals surface area contributed by atoms with Crippen LogP contribution in [-0.2, 0) is 4.79 Å². The van der Waals surface area contributed by atoms with Gasteiger partial charge in [-0.2, -0.15) is 0 Å². The maximum absolute atomic E-state index is 11.7. The van der Waals surface area contributed by atoms with Gasteiger partial charge in [0.05, 0.1) is 0 Å². The fraction of sp³-hybridized carbons (Fsp3) is 0.385. The van der Waals surface area contributed by atoms with E-state index in [0.29, 0.717) is 11.6 Å². The predicted molar refractivity (Wildman–Crippen MR) is 71.3 cm³/mol. The molecule has 0 aliphatic rings. The SMILES string of the molecule is CC(NC(N)=O)C(=O)Nc1cccc(C(C)C)c1. The summed E-state index contributed by atoms with van der Waals surface area (Å²) >= 11 is 0. The normalized spacial score (nSPS) is 12.0. The highest BCUT2D eigenvalue weighted by Crippen LogP contribution is 2.18. The van der Waals surface area contributed by atoms with Crippen LogP contribution in [0.1, 0.15) is 32.3 Å². The summed E-state index contributed by atoms with van der Waals surface area (Å²) in [7, 11) is 0. The Kier molecular flexibility index (Phi) is 4.71. The van der Waals surface area contributed by atoms with E-state index in [1.54, 1.807) is 13.0 Å². The summed E-state index contributed by atoms with van der Waals surface area (Å²) in [6.45, 7) is 5.74. The summed E-state index contributed by atoms with van der Waals surface area (Å²) in [5, 5.41) is 5.06. The number of nitrogens with two attached hydrogens (primary N) is 1. The molecule has 0 aliphatic heterocycles. The highest BCUT2D eigenvalue weighted by molar-refractivity contribution is 5.96. The lowest BCUT2D eigenvalue weighted by Crippen LogP contribution is -2.44. The van der Waals surface area contributed by atoms with Crippen LogP contribution < -0.4 is 16.4 Å². The summed E-state index contributed by atoms with van der Waals surface area (Å²) in [6, 6.07) is 6.24. The lowest BCUT2D eigenvalue weighted by Gasteiger charge is -2.13. The Morgan fingerprint density at radius 1 is 1.22 bits per heavy atom. The van der Waals surface area contributed by atoms with E-state index in [2.05, 4.69) is 24.5 Å². The van der Waals surface area contributed by atoms with Gasteiger partial charge in [0, 0.05) is 5.69 Å². The maximum atomic E-state index is 11.7. The van der Waals surface area contributed by atoms with E-state index in [-0.39, 0.29) is 5.91 Å². The lowest BCUT2D eigenvalue weighted by atomic mass is 10.0. The topological polar surface area (TPSA) is 84.2 Å². The van der Waals surface area contributed by atoms with Crippen molar-refractivity contribution in [1.29, 1.82) is 0 Å². The fourth-order valence-corrected chi connectivity index (χ4v) is 1.50. The molecule has 1 aromatic carbocycles. The molecule has 0 bridgehead atoms. The summed E-state index contributed by atoms with van der Waals surface area (Å²) in [5.41, 5.74) is 6.81. The Labute approximate surface area is 107 Å². The van der Waals surface area contributed by atoms with Crippen LogP contribution in [0.2, 0.25) is 0 Å². The molecule has 0 radical (unpaired) electrons. The summed E-state index contributed by atoms with van der Waals surface area (Å²) in [5.74, 6) is 0.0951. The van der Waals surface area contributed by atoms with Gasteiger partial charge in [-0.15, -0.1) is 0 Å². The van der Waals surface area contributed by atoms with Crippen LogP contribution in [0.4, 0.5) is 10.5 Å². The molecule has 3 amide bonds. The Morgan fingerprint density at radius 3 is 2.44 bits per heavy atom. The van der Waals surface area contributed by atoms with Crippen LogP contribution in [-0.4, -0.2) is 18.0 Å². The van der Waals surface area contributed by atoms with Crippen molar-refractivity contribution in [1.82, 2.24) is 5.32 Å². The first-order chi connectivity index (χ1) is 8.40. The molecule has 0 heterocycles. The van der Waals surface area contributed by atoms with Crippen molar-refractivity contribution in [2.75, 3.05) is 5.32 Å². The van der Waals surface area contributed by atoms with Crippen LogP contribution >= 0.6 is 0 Å². The predicted octanol–water partition coefficient (Wildman–Crippen LogP) is 1.81. The third kappa shape index (κ3) is 4.08. The Bertz CT molecular complexity index is 444. The zero-order valence-corrected chi connectivity index (χ0v) is 10.9. The maximum Gasteiger partial charge on any atom is 0.312 e. The van der Waals surface area contributed by atoms with E-state index in [0.717, 1.165) is 5.56 Å². The average molecular weight is 249 g/mol. The molecule has 5 heteroatoms. The Morgan fingerprint density at radius 2 is 1.89 bits per heavy atom. The molecule has 1 rings (SSSR count). The van der Waals surface area contributed by atoms with E-state index in [1.165, 1.54) is 0 Å². The van der Waals surface area contributed by atoms with Crippen molar-refractivity contribution in [2.45, 2.75) is 32.7 Å². The van der Waals surface area contributed by atoms with Gasteiger partial charge in [-0.25, -0.2) is 4.79 Å². The van der Waals surface area contributed by atoms with Crippen LogP contribution in [0.15, 0.2) is 24.3 Å². The third-order valence-electron chi connectivity index (χ3n) is 2.57. The third-order valence-corrected chi connectivity index (χ3v) is 2.57. The van der Waals surface area contributed by atoms with Crippen molar-refractivity contribution in [3.63, 3.8) is 0 Å². The van der Waals surface area contributed by atoms with Gasteiger partial charge in [0.15, 0.2) is 0 Å². The van der Waals surface area contributed by atoms with Gasteiger partial charge in [0.1, 0.15) is 6.04 Å². The molecule has 1 atom stereocenters. The minimum Gasteiger partial charge on any atom is -0.352 e. The summed E-state index contributed by atoms with van der Waals surface area (Å²) in [4.78, 5) is 22.4. The molecule has 18 heavy (non-hydrogen) atoms. The highest BCUT2D eigenvalue weighted by Gasteiger charge is 2.14. The van der Waals surface area contributed by atoms with Crippen molar-refractivity contribution >= 4 is 17.6 Å². The molecule has 4 N–H and O–H groups in total. The summed E-state index contributed by atoms with van der Waals surface area (Å²) < 4.78 is 0. The number of amides is 3. The monoisotopic (exact) mass is 249 g/mol. The van der Waals surface area contributed by atoms with Gasteiger partial charge in [0.25, 0.3) is 0 Å². The molecule has 0 fully saturated rings. The molecule has 0 aromatic heterocycles. The first kappa shape index (κ1) is 14.0. The number of carbonyl (C=O) groups is 2. The van der Waals surface area contributed by atoms with Crippen LogP contribution in [0, 0.1) is 0 Å². The molecule has 1 unspecified atom stereocenters. The molecule has 98 valence electrons. The number of hydrogen-bond acceptors (Lipinski definition) is 2. The minimum absolute atomic E-state index is 0.297. The molecular weight excluding hydrogens is 230 g/mol. The standard InChI is InChI=1S/C13H19N3O2/c1-8(2)10-5-4-6-11(7-10)16-12(17)9(3)15-13(14)18/h4-9H,1-3H3,(H,16,17)(H3,14,15,18). The molecule has 0 saturated heterocycles. The van der Waals surface area contributed by atoms with Crippen molar-refractivity contribution in [3.8, 4) is 0 Å². The molecule has 1 aromatic rings. The zero-order chi connectivity index (χ0) is 13.7. The molecule has 0 saturated carbocycles. The minimum atomic E-state index is -0.714. The second kappa shape index (κ2) is 6.05. The second-order valence-corrected chi connectivity index (χ2v) is 4.50. The summed E-state index contributed by atoms with van der Waals surface area (Å²) in [6.07, 6.45) is 0. The number of carbonyl (C=O) groups excluding carboxylic acids is 2. The largest absolute Gasteiger partial charge is 0.352 e. The van der Waals surface area contributed by atoms with E-state index in [4.69, 9.17) is 5.73 Å². The molecule has 5 nitrogen and oxygen atoms in total. The number of urea groups is 1. The average Bonchev–Trinajstić information content (AvgIpc) is 2.28. The zero-order valence-electron chi connectivity index (χ0n) is 10.9. The molecular formula is C13H19N3O2. The van der Waals surface area contributed by atoms with Crippen molar-refractivity contribution < 1.29 is 9.59 Å². The first-order valence-corrected chi connectivity index (χ1v) is 5.87. The number of primary amides is 1. The quantitative estimate of drug-likeness (QED) is 0.760. The lowest BCUT2D eigenvalue weighted by molar-refractivity contribution is -0.117. The molecule has 0 aliphatic carbocycles. The van der Waals surface area contributed by atoms with Gasteiger partial charge < -0.3 is 16.4 Å². The number of rotatable bonds is 4. The van der Waals surface area contributed by atoms with Gasteiger partial charge in [0.2, 0.25) is 5.91 Å². The van der Waals surface area contributed by atoms with E-state index >= 15 is 0 Å². The van der Waals surface area contributed by atoms with Gasteiger partial charge in [-0.3, -0.25) is 4.79 Å². The van der Waals surface area contributed by atoms with Gasteiger partial charge in [-0.1, -0.05) is 26.0 Å². The van der Waals surface area contributed by atoms with Crippen LogP contribution in [0.5, 0.6) is 0 Å². The number of hydrogen-bond donors (Lipinski definition) is 3. The van der Waals surface area contributed by atoms with Crippen molar-refractivity contribution in [2.24, 2.45) is 5.73 Å². The Hall–Kier alpha value is -2.04. The number of anilines is 1. The van der Waals surface area contributed by atoms with Crippen LogP contribution in [0.3, 0.4) is 0 Å². The molecule has 0 spiro atoms. The number of benzene rings is 1. The second-order valence-electron chi connectivity index (χ2n) is 4.50. The Balaban J connectivity index is 2.69.